The van der Waals surface area contributed by atoms with Crippen LogP contribution in [-0.4, -0.2) is 13.1 Å². The van der Waals surface area contributed by atoms with E-state index in [-0.39, 0.29) is 0 Å². The zero-order valence-electron chi connectivity index (χ0n) is 18.9. The maximum absolute atomic E-state index is 6.18. The molecule has 0 spiro atoms. The first-order valence-corrected chi connectivity index (χ1v) is 11.7. The summed E-state index contributed by atoms with van der Waals surface area (Å²) in [6.07, 6.45) is 13.0. The van der Waals surface area contributed by atoms with Crippen molar-refractivity contribution in [1.29, 1.82) is 0 Å². The molecule has 0 radical (unpaired) electrons. The molecule has 0 aliphatic carbocycles. The van der Waals surface area contributed by atoms with E-state index in [0.29, 0.717) is 0 Å². The summed E-state index contributed by atoms with van der Waals surface area (Å²) in [7, 11) is 0. The minimum Gasteiger partial charge on any atom is -0.399 e. The summed E-state index contributed by atoms with van der Waals surface area (Å²) in [5.74, 6) is 1.59. The Morgan fingerprint density at radius 3 is 1.93 bits per heavy atom. The van der Waals surface area contributed by atoms with Gasteiger partial charge in [0.25, 0.3) is 0 Å². The van der Waals surface area contributed by atoms with Gasteiger partial charge in [0.1, 0.15) is 0 Å². The van der Waals surface area contributed by atoms with E-state index in [9.17, 15) is 0 Å². The number of aryl methyl sites for hydroxylation is 1. The van der Waals surface area contributed by atoms with Crippen LogP contribution in [-0.2, 0) is 6.42 Å². The predicted molar refractivity (Wildman–Crippen MR) is 124 cm³/mol. The molecule has 1 aromatic carbocycles. The van der Waals surface area contributed by atoms with Gasteiger partial charge in [0.15, 0.2) is 0 Å². The van der Waals surface area contributed by atoms with Crippen LogP contribution in [0.15, 0.2) is 18.2 Å². The third-order valence-corrected chi connectivity index (χ3v) is 6.17. The number of nitrogens with two attached hydrogens (primary N) is 1. The van der Waals surface area contributed by atoms with Gasteiger partial charge < -0.3 is 10.6 Å². The number of hydrogen-bond donors (Lipinski definition) is 1. The van der Waals surface area contributed by atoms with Gasteiger partial charge in [-0.15, -0.1) is 0 Å². The Balaban J connectivity index is 2.96. The largest absolute Gasteiger partial charge is 0.399 e. The smallest absolute Gasteiger partial charge is 0.0370 e. The van der Waals surface area contributed by atoms with Gasteiger partial charge in [-0.2, -0.15) is 0 Å². The molecule has 2 unspecified atom stereocenters. The predicted octanol–water partition coefficient (Wildman–Crippen LogP) is 7.46. The first kappa shape index (κ1) is 23.9. The summed E-state index contributed by atoms with van der Waals surface area (Å²) in [4.78, 5) is 2.68. The Kier molecular flexibility index (Phi) is 12.3. The van der Waals surface area contributed by atoms with Gasteiger partial charge >= 0.3 is 0 Å². The van der Waals surface area contributed by atoms with Crippen molar-refractivity contribution in [1.82, 2.24) is 0 Å². The van der Waals surface area contributed by atoms with Crippen LogP contribution in [0.4, 0.5) is 11.4 Å². The lowest BCUT2D eigenvalue weighted by molar-refractivity contribution is 0.401. The fourth-order valence-corrected chi connectivity index (χ4v) is 4.03. The van der Waals surface area contributed by atoms with Gasteiger partial charge in [0, 0.05) is 24.5 Å². The molecule has 27 heavy (non-hydrogen) atoms. The van der Waals surface area contributed by atoms with Crippen LogP contribution in [0, 0.1) is 11.8 Å². The molecule has 156 valence electrons. The number of anilines is 2. The molecule has 1 aromatic rings. The highest BCUT2D eigenvalue weighted by atomic mass is 15.1. The molecule has 0 aliphatic heterocycles. The molecule has 2 atom stereocenters. The molecule has 0 saturated carbocycles. The van der Waals surface area contributed by atoms with Crippen molar-refractivity contribution in [3.8, 4) is 0 Å². The highest BCUT2D eigenvalue weighted by molar-refractivity contribution is 5.58. The lowest BCUT2D eigenvalue weighted by atomic mass is 9.94. The summed E-state index contributed by atoms with van der Waals surface area (Å²) in [6, 6.07) is 6.71. The van der Waals surface area contributed by atoms with Crippen LogP contribution in [0.1, 0.15) is 98.0 Å². The topological polar surface area (TPSA) is 29.3 Å². The maximum atomic E-state index is 6.18. The van der Waals surface area contributed by atoms with Crippen molar-refractivity contribution < 1.29 is 0 Å². The summed E-state index contributed by atoms with van der Waals surface area (Å²) in [5.41, 5.74) is 9.79. The Labute approximate surface area is 169 Å². The zero-order chi connectivity index (χ0) is 20.1. The number of nitrogen functional groups attached to an aromatic ring is 1. The van der Waals surface area contributed by atoms with Crippen molar-refractivity contribution in [2.75, 3.05) is 23.7 Å². The Morgan fingerprint density at radius 1 is 0.815 bits per heavy atom. The monoisotopic (exact) mass is 374 g/mol. The Hall–Kier alpha value is -1.18. The zero-order valence-corrected chi connectivity index (χ0v) is 18.9. The first-order chi connectivity index (χ1) is 13.1. The molecular weight excluding hydrogens is 328 g/mol. The normalized spacial score (nSPS) is 13.5. The van der Waals surface area contributed by atoms with Gasteiger partial charge in [0.2, 0.25) is 0 Å². The average Bonchev–Trinajstić information content (AvgIpc) is 2.69. The van der Waals surface area contributed by atoms with Gasteiger partial charge in [-0.25, -0.2) is 0 Å². The lowest BCUT2D eigenvalue weighted by Crippen LogP contribution is -2.34. The maximum Gasteiger partial charge on any atom is 0.0370 e. The van der Waals surface area contributed by atoms with E-state index >= 15 is 0 Å². The van der Waals surface area contributed by atoms with Crippen molar-refractivity contribution in [2.45, 2.75) is 98.8 Å². The fourth-order valence-electron chi connectivity index (χ4n) is 4.03. The molecule has 1 rings (SSSR count). The van der Waals surface area contributed by atoms with Crippen molar-refractivity contribution in [2.24, 2.45) is 11.8 Å². The van der Waals surface area contributed by atoms with E-state index < -0.39 is 0 Å². The Bertz CT molecular complexity index is 497. The van der Waals surface area contributed by atoms with E-state index in [1.807, 2.05) is 0 Å². The highest BCUT2D eigenvalue weighted by Gasteiger charge is 2.18. The molecule has 0 aromatic heterocycles. The van der Waals surface area contributed by atoms with Crippen molar-refractivity contribution in [3.05, 3.63) is 23.8 Å². The lowest BCUT2D eigenvalue weighted by Gasteiger charge is -2.33. The number of unbranched alkanes of at least 4 members (excludes halogenated alkanes) is 3. The number of nitrogens with zero attached hydrogens (tertiary/aromatic N) is 1. The summed E-state index contributed by atoms with van der Waals surface area (Å²) >= 11 is 0. The molecule has 0 heterocycles. The SMILES string of the molecule is CCCCCC(CC)CN(CC(CC)CCCC)c1ccc(N)c(CC)c1. The first-order valence-electron chi connectivity index (χ1n) is 11.7. The standard InChI is InChI=1S/C25H46N2/c1-6-11-13-15-22(9-4)20-27(19-21(8-3)14-12-7-2)24-16-17-25(26)23(10-5)18-24/h16-18,21-22H,6-15,19-20,26H2,1-5H3. The molecule has 0 amide bonds. The van der Waals surface area contributed by atoms with Gasteiger partial charge in [-0.3, -0.25) is 0 Å². The highest BCUT2D eigenvalue weighted by Crippen LogP contribution is 2.27. The summed E-state index contributed by atoms with van der Waals surface area (Å²) < 4.78 is 0. The van der Waals surface area contributed by atoms with Crippen LogP contribution >= 0.6 is 0 Å². The molecule has 2 heteroatoms. The quantitative estimate of drug-likeness (QED) is 0.255. The summed E-state index contributed by atoms with van der Waals surface area (Å²) in [5, 5.41) is 0. The molecule has 0 fully saturated rings. The number of hydrogen-bond acceptors (Lipinski definition) is 2. The molecule has 2 N–H and O–H groups in total. The van der Waals surface area contributed by atoms with Crippen molar-refractivity contribution >= 4 is 11.4 Å². The second kappa shape index (κ2) is 13.9. The van der Waals surface area contributed by atoms with Crippen LogP contribution in [0.25, 0.3) is 0 Å². The molecule has 0 aliphatic rings. The third kappa shape index (κ3) is 8.58. The molecule has 0 saturated heterocycles. The van der Waals surface area contributed by atoms with Crippen molar-refractivity contribution in [3.63, 3.8) is 0 Å². The molecule has 2 nitrogen and oxygen atoms in total. The van der Waals surface area contributed by atoms with E-state index in [0.717, 1.165) is 23.9 Å². The second-order valence-corrected chi connectivity index (χ2v) is 8.33. The van der Waals surface area contributed by atoms with Crippen LogP contribution in [0.2, 0.25) is 0 Å². The van der Waals surface area contributed by atoms with E-state index in [1.165, 1.54) is 82.1 Å². The molecular formula is C25H46N2. The summed E-state index contributed by atoms with van der Waals surface area (Å²) in [6.45, 7) is 13.9. The fraction of sp³-hybridized carbons (Fsp3) is 0.760. The van der Waals surface area contributed by atoms with Crippen LogP contribution in [0.5, 0.6) is 0 Å². The van der Waals surface area contributed by atoms with Gasteiger partial charge in [-0.1, -0.05) is 79.6 Å². The van der Waals surface area contributed by atoms with E-state index in [4.69, 9.17) is 5.73 Å². The minimum absolute atomic E-state index is 0.792. The minimum atomic E-state index is 0.792. The van der Waals surface area contributed by atoms with Gasteiger partial charge in [-0.05, 0) is 54.9 Å². The third-order valence-electron chi connectivity index (χ3n) is 6.17. The van der Waals surface area contributed by atoms with Gasteiger partial charge in [0.05, 0.1) is 0 Å². The molecule has 0 bridgehead atoms. The second-order valence-electron chi connectivity index (χ2n) is 8.33. The van der Waals surface area contributed by atoms with Crippen LogP contribution in [0.3, 0.4) is 0 Å². The van der Waals surface area contributed by atoms with Crippen LogP contribution < -0.4 is 10.6 Å². The number of rotatable bonds is 15. The van der Waals surface area contributed by atoms with E-state index in [1.54, 1.807) is 0 Å². The van der Waals surface area contributed by atoms with E-state index in [2.05, 4.69) is 57.7 Å². The number of benzene rings is 1. The Morgan fingerprint density at radius 2 is 1.41 bits per heavy atom. The average molecular weight is 375 g/mol.